The van der Waals surface area contributed by atoms with Crippen LogP contribution in [0.5, 0.6) is 0 Å². The Bertz CT molecular complexity index is 962. The number of nitrogens with one attached hydrogen (secondary N) is 2. The summed E-state index contributed by atoms with van der Waals surface area (Å²) in [6, 6.07) is 14.7. The number of para-hydroxylation sites is 1. The Labute approximate surface area is 176 Å². The minimum absolute atomic E-state index is 0.0526. The van der Waals surface area contributed by atoms with E-state index in [2.05, 4.69) is 53.9 Å². The van der Waals surface area contributed by atoms with Crippen molar-refractivity contribution in [2.45, 2.75) is 31.7 Å². The number of pyridine rings is 1. The Morgan fingerprint density at radius 1 is 1.14 bits per heavy atom. The van der Waals surface area contributed by atoms with Gasteiger partial charge in [-0.2, -0.15) is 0 Å². The van der Waals surface area contributed by atoms with Gasteiger partial charge in [0.2, 0.25) is 0 Å². The molecule has 0 aliphatic heterocycles. The smallest absolute Gasteiger partial charge is 0.261 e. The number of anilines is 2. The molecule has 1 amide bonds. The van der Waals surface area contributed by atoms with Crippen molar-refractivity contribution in [1.82, 2.24) is 10.3 Å². The monoisotopic (exact) mass is 408 g/mol. The number of carbonyl (C=O) groups is 1. The minimum atomic E-state index is 0.0526. The van der Waals surface area contributed by atoms with E-state index in [1.54, 1.807) is 0 Å². The third-order valence-electron chi connectivity index (χ3n) is 5.67. The molecule has 1 saturated carbocycles. The highest BCUT2D eigenvalue weighted by atomic mass is 32.1. The Morgan fingerprint density at radius 2 is 1.93 bits per heavy atom. The summed E-state index contributed by atoms with van der Waals surface area (Å²) >= 11 is 1.49. The van der Waals surface area contributed by atoms with Gasteiger partial charge in [0.05, 0.1) is 10.4 Å². The Balaban J connectivity index is 1.33. The van der Waals surface area contributed by atoms with Gasteiger partial charge >= 0.3 is 0 Å². The molecule has 0 bridgehead atoms. The van der Waals surface area contributed by atoms with Crippen molar-refractivity contribution in [3.05, 3.63) is 52.7 Å². The fourth-order valence-electron chi connectivity index (χ4n) is 4.05. The van der Waals surface area contributed by atoms with E-state index < -0.39 is 0 Å². The Hall–Kier alpha value is -2.60. The van der Waals surface area contributed by atoms with Crippen LogP contribution in [-0.2, 0) is 0 Å². The number of fused-ring (bicyclic) bond motifs is 1. The molecule has 1 aliphatic rings. The standard InChI is InChI=1S/C23H28N4OS/c1-27(2)20-14-22(26-19-7-4-3-6-18(19)20)25-17-11-9-16(10-12-17)15-24-23(28)21-8-5-13-29-21/h3-8,13-14,16-17H,9-12,15H2,1-2H3,(H,24,28)(H,25,26)/t16-,17+. The lowest BCUT2D eigenvalue weighted by Crippen LogP contribution is -2.33. The second-order valence-electron chi connectivity index (χ2n) is 7.99. The highest BCUT2D eigenvalue weighted by molar-refractivity contribution is 7.12. The van der Waals surface area contributed by atoms with Gasteiger partial charge in [0.25, 0.3) is 5.91 Å². The van der Waals surface area contributed by atoms with E-state index in [9.17, 15) is 4.79 Å². The number of benzene rings is 1. The molecule has 1 fully saturated rings. The van der Waals surface area contributed by atoms with Gasteiger partial charge in [0, 0.05) is 43.8 Å². The van der Waals surface area contributed by atoms with Gasteiger partial charge in [0.1, 0.15) is 5.82 Å². The molecule has 0 unspecified atom stereocenters. The van der Waals surface area contributed by atoms with Gasteiger partial charge in [-0.1, -0.05) is 24.3 Å². The molecule has 4 rings (SSSR count). The predicted octanol–water partition coefficient (Wildman–Crippen LogP) is 4.76. The van der Waals surface area contributed by atoms with Crippen molar-refractivity contribution in [3.63, 3.8) is 0 Å². The van der Waals surface area contributed by atoms with Crippen LogP contribution in [0.15, 0.2) is 47.8 Å². The van der Waals surface area contributed by atoms with E-state index in [-0.39, 0.29) is 5.91 Å². The summed E-state index contributed by atoms with van der Waals surface area (Å²) in [5.41, 5.74) is 2.20. The minimum Gasteiger partial charge on any atom is -0.377 e. The van der Waals surface area contributed by atoms with Crippen LogP contribution >= 0.6 is 11.3 Å². The number of hydrogen-bond acceptors (Lipinski definition) is 5. The molecule has 3 aromatic rings. The summed E-state index contributed by atoms with van der Waals surface area (Å²) in [6.07, 6.45) is 4.45. The molecule has 6 heteroatoms. The fourth-order valence-corrected chi connectivity index (χ4v) is 4.69. The summed E-state index contributed by atoms with van der Waals surface area (Å²) in [6.45, 7) is 0.766. The molecule has 0 radical (unpaired) electrons. The van der Waals surface area contributed by atoms with Crippen molar-refractivity contribution < 1.29 is 4.79 Å². The average molecular weight is 409 g/mol. The first-order valence-electron chi connectivity index (χ1n) is 10.3. The maximum Gasteiger partial charge on any atom is 0.261 e. The van der Waals surface area contributed by atoms with E-state index in [0.717, 1.165) is 48.4 Å². The molecule has 1 aliphatic carbocycles. The lowest BCUT2D eigenvalue weighted by atomic mass is 9.86. The van der Waals surface area contributed by atoms with Crippen LogP contribution in [0.2, 0.25) is 0 Å². The lowest BCUT2D eigenvalue weighted by Gasteiger charge is -2.30. The predicted molar refractivity (Wildman–Crippen MR) is 122 cm³/mol. The zero-order chi connectivity index (χ0) is 20.2. The summed E-state index contributed by atoms with van der Waals surface area (Å²) in [5, 5.41) is 9.86. The first-order chi connectivity index (χ1) is 14.1. The van der Waals surface area contributed by atoms with E-state index >= 15 is 0 Å². The van der Waals surface area contributed by atoms with E-state index in [1.165, 1.54) is 22.4 Å². The number of hydrogen-bond donors (Lipinski definition) is 2. The van der Waals surface area contributed by atoms with E-state index in [4.69, 9.17) is 4.98 Å². The number of aromatic nitrogens is 1. The van der Waals surface area contributed by atoms with Crippen LogP contribution in [0.1, 0.15) is 35.4 Å². The summed E-state index contributed by atoms with van der Waals surface area (Å²) in [4.78, 5) is 19.9. The quantitative estimate of drug-likeness (QED) is 0.617. The molecule has 2 heterocycles. The van der Waals surface area contributed by atoms with Crippen LogP contribution in [0, 0.1) is 5.92 Å². The third-order valence-corrected chi connectivity index (χ3v) is 6.54. The van der Waals surface area contributed by atoms with Crippen molar-refractivity contribution in [1.29, 1.82) is 0 Å². The van der Waals surface area contributed by atoms with Crippen LogP contribution in [0.4, 0.5) is 11.5 Å². The molecule has 1 aromatic carbocycles. The molecule has 5 nitrogen and oxygen atoms in total. The summed E-state index contributed by atoms with van der Waals surface area (Å²) in [7, 11) is 4.14. The Kier molecular flexibility index (Phi) is 6.00. The molecule has 152 valence electrons. The maximum absolute atomic E-state index is 12.1. The first-order valence-corrected chi connectivity index (χ1v) is 11.1. The maximum atomic E-state index is 12.1. The van der Waals surface area contributed by atoms with Crippen LogP contribution < -0.4 is 15.5 Å². The molecule has 0 spiro atoms. The number of nitrogens with zero attached hydrogens (tertiary/aromatic N) is 2. The van der Waals surface area contributed by atoms with Gasteiger partial charge in [0.15, 0.2) is 0 Å². The summed E-state index contributed by atoms with van der Waals surface area (Å²) < 4.78 is 0. The normalized spacial score (nSPS) is 19.1. The highest BCUT2D eigenvalue weighted by Crippen LogP contribution is 2.30. The van der Waals surface area contributed by atoms with Gasteiger partial charge in [-0.05, 0) is 49.1 Å². The molecule has 29 heavy (non-hydrogen) atoms. The number of carbonyl (C=O) groups excluding carboxylic acids is 1. The fraction of sp³-hybridized carbons (Fsp3) is 0.391. The number of amides is 1. The molecule has 0 saturated heterocycles. The van der Waals surface area contributed by atoms with Crippen LogP contribution in [0.25, 0.3) is 10.9 Å². The summed E-state index contributed by atoms with van der Waals surface area (Å²) in [5.74, 6) is 1.55. The number of thiophene rings is 1. The SMILES string of the molecule is CN(C)c1cc(N[C@H]2CC[C@@H](CNC(=O)c3cccs3)CC2)nc2ccccc12. The topological polar surface area (TPSA) is 57.3 Å². The van der Waals surface area contributed by atoms with E-state index in [0.29, 0.717) is 12.0 Å². The second kappa shape index (κ2) is 8.82. The lowest BCUT2D eigenvalue weighted by molar-refractivity contribution is 0.0947. The molecular weight excluding hydrogens is 380 g/mol. The van der Waals surface area contributed by atoms with Crippen molar-refractivity contribution >= 4 is 39.7 Å². The van der Waals surface area contributed by atoms with Gasteiger partial charge in [-0.15, -0.1) is 11.3 Å². The average Bonchev–Trinajstić information content (AvgIpc) is 3.27. The molecule has 0 atom stereocenters. The molecular formula is C23H28N4OS. The zero-order valence-electron chi connectivity index (χ0n) is 17.0. The van der Waals surface area contributed by atoms with Crippen LogP contribution in [0.3, 0.4) is 0 Å². The van der Waals surface area contributed by atoms with Gasteiger partial charge < -0.3 is 15.5 Å². The first kappa shape index (κ1) is 19.7. The van der Waals surface area contributed by atoms with Gasteiger partial charge in [-0.25, -0.2) is 4.98 Å². The van der Waals surface area contributed by atoms with Crippen LogP contribution in [-0.4, -0.2) is 37.6 Å². The van der Waals surface area contributed by atoms with Gasteiger partial charge in [-0.3, -0.25) is 4.79 Å². The Morgan fingerprint density at radius 3 is 2.66 bits per heavy atom. The number of rotatable bonds is 6. The molecule has 2 N–H and O–H groups in total. The van der Waals surface area contributed by atoms with Crippen molar-refractivity contribution in [2.24, 2.45) is 5.92 Å². The van der Waals surface area contributed by atoms with Crippen molar-refractivity contribution in [3.8, 4) is 0 Å². The van der Waals surface area contributed by atoms with Crippen molar-refractivity contribution in [2.75, 3.05) is 30.9 Å². The van der Waals surface area contributed by atoms with E-state index in [1.807, 2.05) is 23.6 Å². The highest BCUT2D eigenvalue weighted by Gasteiger charge is 2.22. The largest absolute Gasteiger partial charge is 0.377 e. The second-order valence-corrected chi connectivity index (χ2v) is 8.94. The zero-order valence-corrected chi connectivity index (χ0v) is 17.8. The molecule has 2 aromatic heterocycles. The third kappa shape index (κ3) is 4.70.